The third kappa shape index (κ3) is 3.32. The van der Waals surface area contributed by atoms with Crippen LogP contribution in [0.3, 0.4) is 0 Å². The number of aryl methyl sites for hydroxylation is 2. The molecule has 0 amide bonds. The number of nitrogens with one attached hydrogen (secondary N) is 1. The van der Waals surface area contributed by atoms with E-state index in [9.17, 15) is 8.42 Å². The van der Waals surface area contributed by atoms with E-state index in [2.05, 4.69) is 23.4 Å². The summed E-state index contributed by atoms with van der Waals surface area (Å²) in [6.45, 7) is 3.61. The molecule has 0 spiro atoms. The Hall–Kier alpha value is -0.880. The van der Waals surface area contributed by atoms with Crippen LogP contribution in [0.1, 0.15) is 24.7 Å². The van der Waals surface area contributed by atoms with Gasteiger partial charge in [-0.2, -0.15) is 5.10 Å². The number of nitrogens with zero attached hydrogens (tertiary/aromatic N) is 2. The van der Waals surface area contributed by atoms with Gasteiger partial charge in [-0.25, -0.2) is 8.42 Å². The predicted molar refractivity (Wildman–Crippen MR) is 71.1 cm³/mol. The van der Waals surface area contributed by atoms with Crippen LogP contribution >= 0.6 is 0 Å². The van der Waals surface area contributed by atoms with Gasteiger partial charge in [0.2, 0.25) is 0 Å². The van der Waals surface area contributed by atoms with Gasteiger partial charge in [-0.3, -0.25) is 4.68 Å². The van der Waals surface area contributed by atoms with Crippen LogP contribution in [0.25, 0.3) is 0 Å². The second-order valence-corrected chi connectivity index (χ2v) is 7.23. The van der Waals surface area contributed by atoms with Gasteiger partial charge >= 0.3 is 0 Å². The van der Waals surface area contributed by atoms with E-state index >= 15 is 0 Å². The van der Waals surface area contributed by atoms with Gasteiger partial charge in [0.25, 0.3) is 0 Å². The van der Waals surface area contributed by atoms with Crippen molar-refractivity contribution >= 4 is 9.84 Å². The van der Waals surface area contributed by atoms with E-state index in [0.29, 0.717) is 11.5 Å². The fourth-order valence-corrected chi connectivity index (χ4v) is 4.21. The molecule has 2 heterocycles. The fraction of sp³-hybridized carbons (Fsp3) is 0.750. The lowest BCUT2D eigenvalue weighted by atomic mass is 10.1. The van der Waals surface area contributed by atoms with E-state index in [-0.39, 0.29) is 5.92 Å². The van der Waals surface area contributed by atoms with Gasteiger partial charge in [0.15, 0.2) is 9.84 Å². The smallest absolute Gasteiger partial charge is 0.150 e. The maximum absolute atomic E-state index is 11.3. The van der Waals surface area contributed by atoms with Crippen molar-refractivity contribution in [2.45, 2.75) is 26.3 Å². The molecule has 1 aromatic heterocycles. The van der Waals surface area contributed by atoms with Crippen LogP contribution in [0.15, 0.2) is 6.07 Å². The van der Waals surface area contributed by atoms with Crippen molar-refractivity contribution in [3.05, 3.63) is 17.5 Å². The average Bonchev–Trinajstić information content (AvgIpc) is 2.83. The van der Waals surface area contributed by atoms with Crippen molar-refractivity contribution in [1.82, 2.24) is 15.1 Å². The molecule has 0 bridgehead atoms. The Morgan fingerprint density at radius 3 is 2.89 bits per heavy atom. The van der Waals surface area contributed by atoms with Crippen LogP contribution in [0.2, 0.25) is 0 Å². The zero-order chi connectivity index (χ0) is 13.2. The standard InChI is InChI=1S/C12H21N3O2S/c1-3-11-6-12(15(2)14-11)8-13-7-10-4-5-18(16,17)9-10/h6,10,13H,3-5,7-9H2,1-2H3. The molecule has 1 saturated heterocycles. The molecule has 0 aliphatic carbocycles. The van der Waals surface area contributed by atoms with Gasteiger partial charge in [-0.15, -0.1) is 0 Å². The molecule has 2 rings (SSSR count). The van der Waals surface area contributed by atoms with Crippen LogP contribution < -0.4 is 5.32 Å². The fourth-order valence-electron chi connectivity index (χ4n) is 2.35. The Morgan fingerprint density at radius 2 is 2.33 bits per heavy atom. The van der Waals surface area contributed by atoms with Crippen LogP contribution in [-0.2, 0) is 29.9 Å². The third-order valence-corrected chi connectivity index (χ3v) is 5.29. The Balaban J connectivity index is 1.80. The largest absolute Gasteiger partial charge is 0.311 e. The molecule has 1 N–H and O–H groups in total. The molecule has 0 aromatic carbocycles. The van der Waals surface area contributed by atoms with Gasteiger partial charge in [-0.1, -0.05) is 6.92 Å². The van der Waals surface area contributed by atoms with E-state index in [1.165, 1.54) is 0 Å². The van der Waals surface area contributed by atoms with Gasteiger partial charge in [-0.05, 0) is 31.4 Å². The zero-order valence-electron chi connectivity index (χ0n) is 11.0. The second kappa shape index (κ2) is 5.40. The molecule has 6 heteroatoms. The molecule has 0 radical (unpaired) electrons. The summed E-state index contributed by atoms with van der Waals surface area (Å²) < 4.78 is 24.5. The Labute approximate surface area is 108 Å². The molecule has 1 aromatic rings. The highest BCUT2D eigenvalue weighted by Gasteiger charge is 2.27. The lowest BCUT2D eigenvalue weighted by Gasteiger charge is -2.09. The van der Waals surface area contributed by atoms with Crippen LogP contribution in [0, 0.1) is 5.92 Å². The minimum atomic E-state index is -2.76. The Bertz CT molecular complexity index is 507. The molecule has 0 saturated carbocycles. The van der Waals surface area contributed by atoms with Crippen LogP contribution in [0.4, 0.5) is 0 Å². The summed E-state index contributed by atoms with van der Waals surface area (Å²) in [5.74, 6) is 0.963. The summed E-state index contributed by atoms with van der Waals surface area (Å²) in [5.41, 5.74) is 2.24. The third-order valence-electron chi connectivity index (χ3n) is 3.46. The normalized spacial score (nSPS) is 22.4. The summed E-state index contributed by atoms with van der Waals surface area (Å²) in [6, 6.07) is 2.10. The Morgan fingerprint density at radius 1 is 1.56 bits per heavy atom. The first-order valence-corrected chi connectivity index (χ1v) is 8.25. The highest BCUT2D eigenvalue weighted by molar-refractivity contribution is 7.91. The first-order chi connectivity index (χ1) is 8.50. The minimum absolute atomic E-state index is 0.272. The van der Waals surface area contributed by atoms with Gasteiger partial charge < -0.3 is 5.32 Å². The topological polar surface area (TPSA) is 64.0 Å². The lowest BCUT2D eigenvalue weighted by Crippen LogP contribution is -2.24. The molecule has 1 aliphatic rings. The number of hydrogen-bond acceptors (Lipinski definition) is 4. The summed E-state index contributed by atoms with van der Waals surface area (Å²) in [6.07, 6.45) is 1.73. The van der Waals surface area contributed by atoms with Gasteiger partial charge in [0, 0.05) is 13.6 Å². The quantitative estimate of drug-likeness (QED) is 0.847. The van der Waals surface area contributed by atoms with Crippen molar-refractivity contribution in [3.8, 4) is 0 Å². The lowest BCUT2D eigenvalue weighted by molar-refractivity contribution is 0.510. The van der Waals surface area contributed by atoms with Crippen LogP contribution in [0.5, 0.6) is 0 Å². The summed E-state index contributed by atoms with van der Waals surface area (Å²) >= 11 is 0. The second-order valence-electron chi connectivity index (χ2n) is 5.00. The first-order valence-electron chi connectivity index (χ1n) is 6.43. The number of sulfone groups is 1. The summed E-state index contributed by atoms with van der Waals surface area (Å²) in [5, 5.41) is 7.72. The molecular weight excluding hydrogens is 250 g/mol. The molecule has 1 fully saturated rings. The van der Waals surface area contributed by atoms with E-state index in [0.717, 1.165) is 37.3 Å². The monoisotopic (exact) mass is 271 g/mol. The SMILES string of the molecule is CCc1cc(CNCC2CCS(=O)(=O)C2)n(C)n1. The maximum atomic E-state index is 11.3. The summed E-state index contributed by atoms with van der Waals surface area (Å²) in [4.78, 5) is 0. The predicted octanol–water partition coefficient (Wildman–Crippen LogP) is 0.507. The van der Waals surface area contributed by atoms with Crippen LogP contribution in [-0.4, -0.2) is 36.2 Å². The van der Waals surface area contributed by atoms with E-state index in [1.807, 2.05) is 11.7 Å². The van der Waals surface area contributed by atoms with E-state index < -0.39 is 9.84 Å². The van der Waals surface area contributed by atoms with Crippen molar-refractivity contribution in [2.75, 3.05) is 18.1 Å². The zero-order valence-corrected chi connectivity index (χ0v) is 11.8. The average molecular weight is 271 g/mol. The first kappa shape index (κ1) is 13.5. The molecule has 102 valence electrons. The van der Waals surface area contributed by atoms with Crippen molar-refractivity contribution in [2.24, 2.45) is 13.0 Å². The maximum Gasteiger partial charge on any atom is 0.150 e. The van der Waals surface area contributed by atoms with Gasteiger partial charge in [0.05, 0.1) is 22.9 Å². The molecule has 18 heavy (non-hydrogen) atoms. The van der Waals surface area contributed by atoms with Crippen molar-refractivity contribution in [3.63, 3.8) is 0 Å². The van der Waals surface area contributed by atoms with Gasteiger partial charge in [0.1, 0.15) is 0 Å². The molecule has 1 aliphatic heterocycles. The number of rotatable bonds is 5. The van der Waals surface area contributed by atoms with Crippen molar-refractivity contribution < 1.29 is 8.42 Å². The number of aromatic nitrogens is 2. The summed E-state index contributed by atoms with van der Waals surface area (Å²) in [7, 11) is -0.815. The van der Waals surface area contributed by atoms with E-state index in [1.54, 1.807) is 0 Å². The molecule has 5 nitrogen and oxygen atoms in total. The highest BCUT2D eigenvalue weighted by atomic mass is 32.2. The minimum Gasteiger partial charge on any atom is -0.311 e. The number of hydrogen-bond donors (Lipinski definition) is 1. The Kier molecular flexibility index (Phi) is 4.07. The molecular formula is C12H21N3O2S. The molecule has 1 unspecified atom stereocenters. The van der Waals surface area contributed by atoms with Crippen molar-refractivity contribution in [1.29, 1.82) is 0 Å². The molecule has 1 atom stereocenters. The van der Waals surface area contributed by atoms with E-state index in [4.69, 9.17) is 0 Å². The highest BCUT2D eigenvalue weighted by Crippen LogP contribution is 2.17.